The molecule has 0 N–H and O–H groups in total. The molecule has 2 atom stereocenters. The van der Waals surface area contributed by atoms with Crippen molar-refractivity contribution in [2.45, 2.75) is 18.8 Å². The molecule has 0 aromatic rings. The first-order valence-corrected chi connectivity index (χ1v) is 4.37. The van der Waals surface area contributed by atoms with Crippen LogP contribution in [0.2, 0.25) is 0 Å². The second-order valence-corrected chi connectivity index (χ2v) is 4.00. The van der Waals surface area contributed by atoms with Crippen LogP contribution in [-0.4, -0.2) is 11.7 Å². The van der Waals surface area contributed by atoms with Crippen molar-refractivity contribution in [3.63, 3.8) is 0 Å². The van der Waals surface area contributed by atoms with Crippen LogP contribution in [0.4, 0.5) is 8.78 Å². The Hall–Kier alpha value is -0.990. The van der Waals surface area contributed by atoms with Crippen LogP contribution < -0.4 is 0 Å². The first kappa shape index (κ1) is 7.42. The Bertz CT molecular complexity index is 369. The minimum atomic E-state index is -2.83. The van der Waals surface area contributed by atoms with E-state index >= 15 is 0 Å². The van der Waals surface area contributed by atoms with Crippen molar-refractivity contribution >= 4 is 5.78 Å². The maximum absolute atomic E-state index is 13.5. The van der Waals surface area contributed by atoms with E-state index in [0.717, 1.165) is 0 Å². The lowest BCUT2D eigenvalue weighted by Crippen LogP contribution is -2.19. The molecule has 2 unspecified atom stereocenters. The van der Waals surface area contributed by atoms with Crippen LogP contribution in [0, 0.1) is 10.8 Å². The third-order valence-electron chi connectivity index (χ3n) is 3.72. The van der Waals surface area contributed by atoms with E-state index in [0.29, 0.717) is 12.8 Å². The minimum absolute atomic E-state index is 0.293. The number of Topliss-reactive ketones (excluding diaryl/α,β-unsaturated/α-hetero) is 1. The van der Waals surface area contributed by atoms with Crippen molar-refractivity contribution in [1.29, 1.82) is 0 Å². The number of rotatable bonds is 0. The molecule has 0 amide bonds. The first-order chi connectivity index (χ1) is 6.08. The van der Waals surface area contributed by atoms with Crippen molar-refractivity contribution in [3.05, 3.63) is 24.3 Å². The number of hydrogen-bond donors (Lipinski definition) is 0. The van der Waals surface area contributed by atoms with E-state index in [1.165, 1.54) is 12.2 Å². The highest BCUT2D eigenvalue weighted by Gasteiger charge is 2.94. The Kier molecular flexibility index (Phi) is 0.930. The van der Waals surface area contributed by atoms with E-state index in [1.54, 1.807) is 12.2 Å². The molecule has 1 nitrogen and oxygen atoms in total. The summed E-state index contributed by atoms with van der Waals surface area (Å²) in [6, 6.07) is 0. The summed E-state index contributed by atoms with van der Waals surface area (Å²) in [5.41, 5.74) is -2.60. The molecule has 68 valence electrons. The average Bonchev–Trinajstić information content (AvgIpc) is 2.40. The lowest BCUT2D eigenvalue weighted by molar-refractivity contribution is -0.125. The number of carbonyl (C=O) groups is 1. The molecule has 2 fully saturated rings. The summed E-state index contributed by atoms with van der Waals surface area (Å²) < 4.78 is 27.0. The second kappa shape index (κ2) is 1.63. The summed E-state index contributed by atoms with van der Waals surface area (Å²) in [6.45, 7) is 0. The van der Waals surface area contributed by atoms with Gasteiger partial charge in [-0.2, -0.15) is 0 Å². The SMILES string of the molecule is O=C1CCC23C=CC=CC12C3(F)F. The van der Waals surface area contributed by atoms with Crippen molar-refractivity contribution in [1.82, 2.24) is 0 Å². The number of allylic oxidation sites excluding steroid dienone is 4. The fourth-order valence-electron chi connectivity index (χ4n) is 2.96. The van der Waals surface area contributed by atoms with Crippen molar-refractivity contribution in [2.75, 3.05) is 0 Å². The van der Waals surface area contributed by atoms with Gasteiger partial charge >= 0.3 is 0 Å². The van der Waals surface area contributed by atoms with Crippen molar-refractivity contribution in [3.8, 4) is 0 Å². The third-order valence-corrected chi connectivity index (χ3v) is 3.72. The van der Waals surface area contributed by atoms with Crippen LogP contribution in [0.15, 0.2) is 24.3 Å². The molecule has 3 heteroatoms. The fraction of sp³-hybridized carbons (Fsp3) is 0.500. The van der Waals surface area contributed by atoms with Crippen LogP contribution in [0.1, 0.15) is 12.8 Å². The number of halogens is 2. The summed E-state index contributed by atoms with van der Waals surface area (Å²) in [5, 5.41) is 0. The summed E-state index contributed by atoms with van der Waals surface area (Å²) >= 11 is 0. The van der Waals surface area contributed by atoms with E-state index < -0.39 is 16.8 Å². The lowest BCUT2D eigenvalue weighted by Gasteiger charge is -2.07. The van der Waals surface area contributed by atoms with E-state index in [2.05, 4.69) is 0 Å². The number of alkyl halides is 2. The van der Waals surface area contributed by atoms with Gasteiger partial charge in [-0.25, -0.2) is 8.78 Å². The lowest BCUT2D eigenvalue weighted by atomic mass is 9.92. The molecule has 0 spiro atoms. The second-order valence-electron chi connectivity index (χ2n) is 4.00. The number of ketones is 1. The van der Waals surface area contributed by atoms with E-state index in [1.807, 2.05) is 0 Å². The van der Waals surface area contributed by atoms with E-state index in [9.17, 15) is 13.6 Å². The molecule has 13 heavy (non-hydrogen) atoms. The molecule has 0 aromatic carbocycles. The fourth-order valence-corrected chi connectivity index (χ4v) is 2.96. The molecular weight excluding hydrogens is 174 g/mol. The normalized spacial score (nSPS) is 48.9. The van der Waals surface area contributed by atoms with Crippen molar-refractivity contribution < 1.29 is 13.6 Å². The summed E-state index contributed by atoms with van der Waals surface area (Å²) in [6.07, 6.45) is 6.68. The highest BCUT2D eigenvalue weighted by molar-refractivity contribution is 5.98. The smallest absolute Gasteiger partial charge is 0.275 e. The van der Waals surface area contributed by atoms with E-state index in [4.69, 9.17) is 0 Å². The van der Waals surface area contributed by atoms with Gasteiger partial charge in [0.1, 0.15) is 11.2 Å². The number of carbonyl (C=O) groups excluding carboxylic acids is 1. The van der Waals surface area contributed by atoms with Gasteiger partial charge in [0.15, 0.2) is 0 Å². The first-order valence-electron chi connectivity index (χ1n) is 4.37. The molecule has 2 saturated carbocycles. The highest BCUT2D eigenvalue weighted by atomic mass is 19.3. The molecule has 3 aliphatic rings. The van der Waals surface area contributed by atoms with E-state index in [-0.39, 0.29) is 5.78 Å². The minimum Gasteiger partial charge on any atom is -0.298 e. The zero-order chi connectivity index (χ0) is 9.32. The molecule has 0 heterocycles. The molecule has 0 bridgehead atoms. The monoisotopic (exact) mass is 182 g/mol. The highest BCUT2D eigenvalue weighted by Crippen LogP contribution is 2.83. The van der Waals surface area contributed by atoms with Crippen molar-refractivity contribution in [2.24, 2.45) is 10.8 Å². The topological polar surface area (TPSA) is 17.1 Å². The Labute approximate surface area is 74.1 Å². The molecular formula is C10H8F2O. The largest absolute Gasteiger partial charge is 0.298 e. The van der Waals surface area contributed by atoms with Gasteiger partial charge in [-0.1, -0.05) is 24.3 Å². The van der Waals surface area contributed by atoms with Gasteiger partial charge in [-0.05, 0) is 6.42 Å². The maximum Gasteiger partial charge on any atom is 0.275 e. The van der Waals surface area contributed by atoms with Crippen LogP contribution in [0.3, 0.4) is 0 Å². The van der Waals surface area contributed by atoms with Gasteiger partial charge in [0, 0.05) is 6.42 Å². The standard InChI is InChI=1S/C10H8F2O/c11-10(12)8-4-1-2-5-9(8,10)7(13)3-6-8/h1-2,4-5H,3,6H2. The quantitative estimate of drug-likeness (QED) is 0.560. The van der Waals surface area contributed by atoms with Gasteiger partial charge < -0.3 is 0 Å². The average molecular weight is 182 g/mol. The Morgan fingerprint density at radius 1 is 1.23 bits per heavy atom. The van der Waals surface area contributed by atoms with Crippen LogP contribution in [0.5, 0.6) is 0 Å². The zero-order valence-corrected chi connectivity index (χ0v) is 6.89. The predicted octanol–water partition coefficient (Wildman–Crippen LogP) is 2.10. The van der Waals surface area contributed by atoms with Gasteiger partial charge in [-0.15, -0.1) is 0 Å². The third kappa shape index (κ3) is 0.441. The number of hydrogen-bond acceptors (Lipinski definition) is 1. The molecule has 3 aliphatic carbocycles. The summed E-state index contributed by atoms with van der Waals surface area (Å²) in [5.74, 6) is -3.13. The van der Waals surface area contributed by atoms with Gasteiger partial charge in [0.2, 0.25) is 0 Å². The van der Waals surface area contributed by atoms with Gasteiger partial charge in [0.25, 0.3) is 5.92 Å². The Morgan fingerprint density at radius 2 is 1.92 bits per heavy atom. The summed E-state index contributed by atoms with van der Waals surface area (Å²) in [7, 11) is 0. The van der Waals surface area contributed by atoms with Gasteiger partial charge in [-0.3, -0.25) is 4.79 Å². The Morgan fingerprint density at radius 3 is 2.62 bits per heavy atom. The molecule has 3 rings (SSSR count). The van der Waals surface area contributed by atoms with Crippen LogP contribution >= 0.6 is 0 Å². The van der Waals surface area contributed by atoms with Crippen LogP contribution in [0.25, 0.3) is 0 Å². The molecule has 0 radical (unpaired) electrons. The molecule has 0 aromatic heterocycles. The summed E-state index contributed by atoms with van der Waals surface area (Å²) in [4.78, 5) is 11.4. The molecule has 0 aliphatic heterocycles. The van der Waals surface area contributed by atoms with Gasteiger partial charge in [0.05, 0.1) is 5.41 Å². The Balaban J connectivity index is 2.26. The predicted molar refractivity (Wildman–Crippen MR) is 42.3 cm³/mol. The maximum atomic E-state index is 13.5. The van der Waals surface area contributed by atoms with Crippen LogP contribution in [-0.2, 0) is 4.79 Å². The molecule has 0 saturated heterocycles. The zero-order valence-electron chi connectivity index (χ0n) is 6.89.